The van der Waals surface area contributed by atoms with Crippen LogP contribution in [0.1, 0.15) is 5.56 Å². The van der Waals surface area contributed by atoms with E-state index < -0.39 is 0 Å². The summed E-state index contributed by atoms with van der Waals surface area (Å²) >= 11 is 3.43. The highest BCUT2D eigenvalue weighted by molar-refractivity contribution is 7.58. The van der Waals surface area contributed by atoms with Crippen molar-refractivity contribution in [2.24, 2.45) is 0 Å². The fourth-order valence-corrected chi connectivity index (χ4v) is 1.08. The van der Waals surface area contributed by atoms with Crippen LogP contribution in [0.2, 0.25) is 0 Å². The van der Waals surface area contributed by atoms with Gasteiger partial charge in [-0.1, -0.05) is 30.3 Å². The Morgan fingerprint density at radius 2 is 1.78 bits per heavy atom. The van der Waals surface area contributed by atoms with Gasteiger partial charge < -0.3 is 0 Å². The van der Waals surface area contributed by atoms with E-state index in [-0.39, 0.29) is 0 Å². The predicted molar refractivity (Wildman–Crippen MR) is 45.2 cm³/mol. The van der Waals surface area contributed by atoms with E-state index in [4.69, 9.17) is 0 Å². The summed E-state index contributed by atoms with van der Waals surface area (Å²) in [5, 5.41) is 0. The van der Waals surface area contributed by atoms with E-state index in [1.54, 1.807) is 0 Å². The summed E-state index contributed by atoms with van der Waals surface area (Å²) in [7, 11) is 0. The van der Waals surface area contributed by atoms with E-state index in [1.165, 1.54) is 5.56 Å². The summed E-state index contributed by atoms with van der Waals surface area (Å²) in [6.45, 7) is 0. The van der Waals surface area contributed by atoms with Gasteiger partial charge in [-0.15, -0.1) is 0 Å². The third-order valence-corrected chi connectivity index (χ3v) is 1.51. The van der Waals surface area contributed by atoms with Gasteiger partial charge >= 0.3 is 0 Å². The molecule has 48 valence electrons. The van der Waals surface area contributed by atoms with Crippen molar-refractivity contribution in [1.29, 1.82) is 0 Å². The quantitative estimate of drug-likeness (QED) is 0.541. The monoisotopic (exact) mass is 139 g/mol. The summed E-state index contributed by atoms with van der Waals surface area (Å²) < 4.78 is 0. The number of aryl methyl sites for hydroxylation is 1. The van der Waals surface area contributed by atoms with Crippen LogP contribution in [0, 0.1) is 0 Å². The summed E-state index contributed by atoms with van der Waals surface area (Å²) in [4.78, 5) is 0. The molecular formula is C8H11S+. The largest absolute Gasteiger partial charge is 0.107 e. The molecule has 1 rings (SSSR count). The topological polar surface area (TPSA) is 0 Å². The highest BCUT2D eigenvalue weighted by atomic mass is 32.1. The normalized spacial score (nSPS) is 9.44. The zero-order valence-electron chi connectivity index (χ0n) is 5.30. The van der Waals surface area contributed by atoms with Crippen LogP contribution < -0.4 is 0 Å². The summed E-state index contributed by atoms with van der Waals surface area (Å²) in [6.07, 6.45) is 1.12. The van der Waals surface area contributed by atoms with Crippen LogP contribution in [0.5, 0.6) is 0 Å². The molecule has 0 fully saturated rings. The Labute approximate surface area is 61.3 Å². The van der Waals surface area contributed by atoms with Crippen molar-refractivity contribution >= 4 is 12.6 Å². The van der Waals surface area contributed by atoms with Gasteiger partial charge in [-0.25, -0.2) is 0 Å². The van der Waals surface area contributed by atoms with Crippen molar-refractivity contribution in [2.75, 3.05) is 5.75 Å². The molecule has 0 atom stereocenters. The van der Waals surface area contributed by atoms with Gasteiger partial charge in [0.1, 0.15) is 5.75 Å². The molecule has 0 heterocycles. The number of hydrogen-bond acceptors (Lipinski definition) is 0. The molecule has 0 saturated carbocycles. The molecule has 0 aliphatic rings. The van der Waals surface area contributed by atoms with Crippen LogP contribution in [0.25, 0.3) is 0 Å². The van der Waals surface area contributed by atoms with Crippen molar-refractivity contribution in [2.45, 2.75) is 6.42 Å². The molecule has 0 nitrogen and oxygen atoms in total. The number of rotatable bonds is 2. The lowest BCUT2D eigenvalue weighted by Gasteiger charge is -1.91. The van der Waals surface area contributed by atoms with Crippen molar-refractivity contribution in [3.05, 3.63) is 35.9 Å². The summed E-state index contributed by atoms with van der Waals surface area (Å²) in [6, 6.07) is 10.5. The molecule has 0 spiro atoms. The first-order valence-corrected chi connectivity index (χ1v) is 3.82. The van der Waals surface area contributed by atoms with Crippen LogP contribution in [-0.2, 0) is 19.0 Å². The molecule has 9 heavy (non-hydrogen) atoms. The number of hydrogen-bond donors (Lipinski definition) is 0. The standard InChI is InChI=1S/C8H10S/c9-7-6-8-4-2-1-3-5-8/h1-5,9H,6-7H2/p+1. The second-order valence-corrected chi connectivity index (χ2v) is 2.49. The van der Waals surface area contributed by atoms with Gasteiger partial charge in [0, 0.05) is 6.42 Å². The van der Waals surface area contributed by atoms with Crippen LogP contribution >= 0.6 is 0 Å². The predicted octanol–water partition coefficient (Wildman–Crippen LogP) is 1.24. The minimum absolute atomic E-state index is 1.05. The van der Waals surface area contributed by atoms with Crippen LogP contribution in [0.15, 0.2) is 30.3 Å². The lowest BCUT2D eigenvalue weighted by Crippen LogP contribution is -1.85. The number of benzene rings is 1. The Hall–Kier alpha value is -0.430. The Balaban J connectivity index is 2.61. The van der Waals surface area contributed by atoms with Crippen molar-refractivity contribution < 1.29 is 0 Å². The molecule has 0 aromatic heterocycles. The maximum Gasteiger partial charge on any atom is 0.107 e. The van der Waals surface area contributed by atoms with E-state index in [2.05, 4.69) is 36.9 Å². The van der Waals surface area contributed by atoms with E-state index in [1.807, 2.05) is 6.07 Å². The maximum absolute atomic E-state index is 3.43. The van der Waals surface area contributed by atoms with Gasteiger partial charge in [0.05, 0.1) is 0 Å². The van der Waals surface area contributed by atoms with Gasteiger partial charge in [-0.3, -0.25) is 0 Å². The maximum atomic E-state index is 3.43. The molecule has 1 aromatic rings. The van der Waals surface area contributed by atoms with Crippen molar-refractivity contribution in [1.82, 2.24) is 0 Å². The average Bonchev–Trinajstić information content (AvgIpc) is 1.91. The Bertz CT molecular complexity index is 157. The second kappa shape index (κ2) is 3.57. The minimum atomic E-state index is 1.05. The van der Waals surface area contributed by atoms with Gasteiger partial charge in [0.2, 0.25) is 0 Å². The van der Waals surface area contributed by atoms with E-state index in [0.29, 0.717) is 0 Å². The van der Waals surface area contributed by atoms with Gasteiger partial charge in [0.25, 0.3) is 0 Å². The molecule has 0 unspecified atom stereocenters. The van der Waals surface area contributed by atoms with E-state index >= 15 is 0 Å². The second-order valence-electron chi connectivity index (χ2n) is 1.99. The zero-order valence-corrected chi connectivity index (χ0v) is 6.30. The van der Waals surface area contributed by atoms with Gasteiger partial charge in [-0.2, -0.15) is 0 Å². The molecule has 0 saturated heterocycles. The summed E-state index contributed by atoms with van der Waals surface area (Å²) in [5.41, 5.74) is 1.40. The molecule has 1 heteroatoms. The molecular weight excluding hydrogens is 128 g/mol. The molecule has 0 amide bonds. The molecule has 0 aliphatic carbocycles. The Morgan fingerprint density at radius 3 is 2.33 bits per heavy atom. The first-order chi connectivity index (χ1) is 4.43. The lowest BCUT2D eigenvalue weighted by molar-refractivity contribution is 1.16. The summed E-state index contributed by atoms with van der Waals surface area (Å²) in [5.74, 6) is 1.05. The van der Waals surface area contributed by atoms with Gasteiger partial charge in [0.15, 0.2) is 0 Å². The lowest BCUT2D eigenvalue weighted by atomic mass is 10.2. The van der Waals surface area contributed by atoms with E-state index in [9.17, 15) is 0 Å². The SMILES string of the molecule is [SH2+]CCc1ccccc1. The fraction of sp³-hybridized carbons (Fsp3) is 0.250. The average molecular weight is 139 g/mol. The smallest absolute Gasteiger partial charge is 0.0622 e. The van der Waals surface area contributed by atoms with E-state index in [0.717, 1.165) is 12.2 Å². The molecule has 0 aliphatic heterocycles. The van der Waals surface area contributed by atoms with Crippen LogP contribution in [0.3, 0.4) is 0 Å². The highest BCUT2D eigenvalue weighted by Gasteiger charge is 1.87. The highest BCUT2D eigenvalue weighted by Crippen LogP contribution is 1.97. The van der Waals surface area contributed by atoms with Crippen LogP contribution in [-0.4, -0.2) is 5.75 Å². The molecule has 1 aromatic carbocycles. The fourth-order valence-electron chi connectivity index (χ4n) is 0.789. The first kappa shape index (κ1) is 6.69. The first-order valence-electron chi connectivity index (χ1n) is 3.12. The van der Waals surface area contributed by atoms with Crippen molar-refractivity contribution in [3.63, 3.8) is 0 Å². The third kappa shape index (κ3) is 2.10. The molecule has 0 N–H and O–H groups in total. The third-order valence-electron chi connectivity index (χ3n) is 1.26. The van der Waals surface area contributed by atoms with Crippen molar-refractivity contribution in [3.8, 4) is 0 Å². The van der Waals surface area contributed by atoms with Crippen LogP contribution in [0.4, 0.5) is 0 Å². The molecule has 0 radical (unpaired) electrons. The minimum Gasteiger partial charge on any atom is -0.0622 e. The van der Waals surface area contributed by atoms with Gasteiger partial charge in [-0.05, 0) is 18.2 Å². The Morgan fingerprint density at radius 1 is 1.11 bits per heavy atom. The zero-order chi connectivity index (χ0) is 6.53. The molecule has 0 bridgehead atoms. The Kier molecular flexibility index (Phi) is 2.65.